The van der Waals surface area contributed by atoms with Crippen molar-refractivity contribution in [2.75, 3.05) is 39.8 Å². The Morgan fingerprint density at radius 1 is 1.21 bits per heavy atom. The molecule has 2 amide bonds. The van der Waals surface area contributed by atoms with E-state index in [-0.39, 0.29) is 23.3 Å². The maximum absolute atomic E-state index is 12.7. The van der Waals surface area contributed by atoms with Crippen LogP contribution in [0.3, 0.4) is 0 Å². The summed E-state index contributed by atoms with van der Waals surface area (Å²) in [6.07, 6.45) is 3.08. The standard InChI is InChI=1S/C17H24N4O3/c1-12-7-13(18-24-12)15(22)21-10-17(11-21)8-14(19(2)9-17)16(23)20-5-3-4-6-20/h7,14H,3-6,8-11H2,1-2H3. The van der Waals surface area contributed by atoms with Crippen LogP contribution in [-0.2, 0) is 4.79 Å². The van der Waals surface area contributed by atoms with Crippen LogP contribution in [0.2, 0.25) is 0 Å². The Bertz CT molecular complexity index is 659. The van der Waals surface area contributed by atoms with E-state index in [0.29, 0.717) is 24.5 Å². The van der Waals surface area contributed by atoms with Gasteiger partial charge in [0.1, 0.15) is 5.76 Å². The van der Waals surface area contributed by atoms with Gasteiger partial charge in [-0.15, -0.1) is 0 Å². The van der Waals surface area contributed by atoms with Crippen LogP contribution in [0.25, 0.3) is 0 Å². The number of aromatic nitrogens is 1. The second-order valence-electron chi connectivity index (χ2n) is 7.65. The summed E-state index contributed by atoms with van der Waals surface area (Å²) in [4.78, 5) is 31.1. The highest BCUT2D eigenvalue weighted by Crippen LogP contribution is 2.43. The number of hydrogen-bond donors (Lipinski definition) is 0. The lowest BCUT2D eigenvalue weighted by Crippen LogP contribution is -2.59. The Labute approximate surface area is 141 Å². The van der Waals surface area contributed by atoms with Gasteiger partial charge in [-0.2, -0.15) is 0 Å². The van der Waals surface area contributed by atoms with Gasteiger partial charge in [-0.3, -0.25) is 14.5 Å². The molecule has 24 heavy (non-hydrogen) atoms. The van der Waals surface area contributed by atoms with Crippen LogP contribution in [0.15, 0.2) is 10.6 Å². The fourth-order valence-corrected chi connectivity index (χ4v) is 4.46. The van der Waals surface area contributed by atoms with Gasteiger partial charge in [0.05, 0.1) is 6.04 Å². The molecule has 130 valence electrons. The maximum atomic E-state index is 12.7. The fourth-order valence-electron chi connectivity index (χ4n) is 4.46. The van der Waals surface area contributed by atoms with Crippen molar-refractivity contribution in [3.63, 3.8) is 0 Å². The summed E-state index contributed by atoms with van der Waals surface area (Å²) in [6, 6.07) is 1.64. The number of rotatable bonds is 2. The largest absolute Gasteiger partial charge is 0.361 e. The second-order valence-corrected chi connectivity index (χ2v) is 7.65. The second kappa shape index (κ2) is 5.58. The molecular formula is C17H24N4O3. The topological polar surface area (TPSA) is 69.9 Å². The molecule has 0 bridgehead atoms. The summed E-state index contributed by atoms with van der Waals surface area (Å²) in [6.45, 7) is 5.84. The number of carbonyl (C=O) groups is 2. The summed E-state index contributed by atoms with van der Waals surface area (Å²) in [5.41, 5.74) is 0.432. The van der Waals surface area contributed by atoms with Gasteiger partial charge >= 0.3 is 0 Å². The molecule has 4 heterocycles. The van der Waals surface area contributed by atoms with Gasteiger partial charge in [0.25, 0.3) is 5.91 Å². The SMILES string of the molecule is Cc1cc(C(=O)N2CC3(CC(C(=O)N4CCCC4)N(C)C3)C2)no1. The zero-order valence-corrected chi connectivity index (χ0v) is 14.3. The number of amides is 2. The number of hydrogen-bond acceptors (Lipinski definition) is 5. The first-order valence-corrected chi connectivity index (χ1v) is 8.69. The molecule has 3 fully saturated rings. The summed E-state index contributed by atoms with van der Waals surface area (Å²) >= 11 is 0. The maximum Gasteiger partial charge on any atom is 0.276 e. The van der Waals surface area contributed by atoms with E-state index in [0.717, 1.165) is 38.9 Å². The van der Waals surface area contributed by atoms with E-state index >= 15 is 0 Å². The Morgan fingerprint density at radius 2 is 1.92 bits per heavy atom. The molecule has 0 N–H and O–H groups in total. The third kappa shape index (κ3) is 2.51. The van der Waals surface area contributed by atoms with Crippen LogP contribution < -0.4 is 0 Å². The molecule has 4 rings (SSSR count). The zero-order valence-electron chi connectivity index (χ0n) is 14.3. The molecule has 3 aliphatic heterocycles. The molecule has 3 saturated heterocycles. The quantitative estimate of drug-likeness (QED) is 0.799. The van der Waals surface area contributed by atoms with Gasteiger partial charge in [0, 0.05) is 44.2 Å². The number of likely N-dealkylation sites (tertiary alicyclic amines) is 3. The highest BCUT2D eigenvalue weighted by atomic mass is 16.5. The molecule has 1 spiro atoms. The predicted molar refractivity (Wildman–Crippen MR) is 86.4 cm³/mol. The average Bonchev–Trinajstić information content (AvgIpc) is 3.23. The zero-order chi connectivity index (χ0) is 16.9. The number of likely N-dealkylation sites (N-methyl/N-ethyl adjacent to an activating group) is 1. The molecular weight excluding hydrogens is 308 g/mol. The normalized spacial score (nSPS) is 26.2. The van der Waals surface area contributed by atoms with E-state index in [9.17, 15) is 9.59 Å². The Hall–Kier alpha value is -1.89. The van der Waals surface area contributed by atoms with Gasteiger partial charge in [0.15, 0.2) is 5.69 Å². The molecule has 1 aromatic rings. The number of aryl methyl sites for hydroxylation is 1. The van der Waals surface area contributed by atoms with E-state index < -0.39 is 0 Å². The summed E-state index contributed by atoms with van der Waals surface area (Å²) < 4.78 is 4.99. The molecule has 1 aromatic heterocycles. The fraction of sp³-hybridized carbons (Fsp3) is 0.706. The van der Waals surface area contributed by atoms with Gasteiger partial charge in [-0.25, -0.2) is 0 Å². The van der Waals surface area contributed by atoms with Crippen molar-refractivity contribution in [1.82, 2.24) is 19.9 Å². The lowest BCUT2D eigenvalue weighted by atomic mass is 9.77. The first-order chi connectivity index (χ1) is 11.5. The van der Waals surface area contributed by atoms with Crippen LogP contribution in [0.1, 0.15) is 35.5 Å². The summed E-state index contributed by atoms with van der Waals surface area (Å²) in [5.74, 6) is 0.837. The van der Waals surface area contributed by atoms with Crippen molar-refractivity contribution in [1.29, 1.82) is 0 Å². The summed E-state index contributed by atoms with van der Waals surface area (Å²) in [5, 5.41) is 3.81. The molecule has 0 saturated carbocycles. The molecule has 0 aromatic carbocycles. The van der Waals surface area contributed by atoms with Crippen molar-refractivity contribution in [3.8, 4) is 0 Å². The molecule has 7 nitrogen and oxygen atoms in total. The van der Waals surface area contributed by atoms with Crippen LogP contribution >= 0.6 is 0 Å². The van der Waals surface area contributed by atoms with Gasteiger partial charge < -0.3 is 14.3 Å². The van der Waals surface area contributed by atoms with E-state index in [2.05, 4.69) is 10.1 Å². The Kier molecular flexibility index (Phi) is 3.63. The van der Waals surface area contributed by atoms with Crippen molar-refractivity contribution in [2.45, 2.75) is 32.2 Å². The van der Waals surface area contributed by atoms with Crippen LogP contribution in [0.4, 0.5) is 0 Å². The smallest absolute Gasteiger partial charge is 0.276 e. The molecule has 1 unspecified atom stereocenters. The minimum atomic E-state index is -0.0746. The monoisotopic (exact) mass is 332 g/mol. The number of carbonyl (C=O) groups excluding carboxylic acids is 2. The molecule has 7 heteroatoms. The van der Waals surface area contributed by atoms with E-state index in [1.54, 1.807) is 13.0 Å². The summed E-state index contributed by atoms with van der Waals surface area (Å²) in [7, 11) is 2.03. The highest BCUT2D eigenvalue weighted by molar-refractivity contribution is 5.93. The van der Waals surface area contributed by atoms with Gasteiger partial charge in [-0.1, -0.05) is 5.16 Å². The van der Waals surface area contributed by atoms with Crippen molar-refractivity contribution < 1.29 is 14.1 Å². The van der Waals surface area contributed by atoms with Crippen molar-refractivity contribution in [2.24, 2.45) is 5.41 Å². The Balaban J connectivity index is 1.38. The van der Waals surface area contributed by atoms with Crippen LogP contribution in [0.5, 0.6) is 0 Å². The molecule has 3 aliphatic rings. The first-order valence-electron chi connectivity index (χ1n) is 8.69. The lowest BCUT2D eigenvalue weighted by Gasteiger charge is -2.47. The molecule has 1 atom stereocenters. The minimum Gasteiger partial charge on any atom is -0.361 e. The van der Waals surface area contributed by atoms with Gasteiger partial charge in [-0.05, 0) is 33.2 Å². The predicted octanol–water partition coefficient (Wildman–Crippen LogP) is 0.752. The van der Waals surface area contributed by atoms with E-state index in [1.165, 1.54) is 0 Å². The van der Waals surface area contributed by atoms with E-state index in [4.69, 9.17) is 4.52 Å². The first kappa shape index (κ1) is 15.6. The molecule has 0 radical (unpaired) electrons. The third-order valence-electron chi connectivity index (χ3n) is 5.63. The van der Waals surface area contributed by atoms with Crippen molar-refractivity contribution >= 4 is 11.8 Å². The highest BCUT2D eigenvalue weighted by Gasteiger charge is 2.54. The lowest BCUT2D eigenvalue weighted by molar-refractivity contribution is -0.134. The third-order valence-corrected chi connectivity index (χ3v) is 5.63. The Morgan fingerprint density at radius 3 is 2.54 bits per heavy atom. The van der Waals surface area contributed by atoms with Crippen LogP contribution in [-0.4, -0.2) is 77.5 Å². The van der Waals surface area contributed by atoms with Crippen LogP contribution in [0, 0.1) is 12.3 Å². The van der Waals surface area contributed by atoms with E-state index in [1.807, 2.05) is 16.8 Å². The number of nitrogens with zero attached hydrogens (tertiary/aromatic N) is 4. The van der Waals surface area contributed by atoms with Gasteiger partial charge in [0.2, 0.25) is 5.91 Å². The minimum absolute atomic E-state index is 0.0327. The average molecular weight is 332 g/mol. The molecule has 0 aliphatic carbocycles. The van der Waals surface area contributed by atoms with Crippen molar-refractivity contribution in [3.05, 3.63) is 17.5 Å².